The Morgan fingerprint density at radius 1 is 1.45 bits per heavy atom. The van der Waals surface area contributed by atoms with E-state index in [2.05, 4.69) is 0 Å². The molecule has 1 heterocycles. The second-order valence-electron chi connectivity index (χ2n) is 2.36. The molecule has 1 aliphatic heterocycles. The van der Waals surface area contributed by atoms with Crippen molar-refractivity contribution in [1.82, 2.24) is 5.06 Å². The maximum absolute atomic E-state index is 10.8. The van der Waals surface area contributed by atoms with Crippen molar-refractivity contribution >= 4 is 16.8 Å². The van der Waals surface area contributed by atoms with Crippen molar-refractivity contribution in [3.63, 3.8) is 0 Å². The van der Waals surface area contributed by atoms with Gasteiger partial charge in [-0.1, -0.05) is 0 Å². The molecule has 4 nitrogen and oxygen atoms in total. The predicted molar refractivity (Wildman–Crippen MR) is 41.2 cm³/mol. The highest BCUT2D eigenvalue weighted by Crippen LogP contribution is 2.00. The lowest BCUT2D eigenvalue weighted by Crippen LogP contribution is -2.38. The number of nitrogens with zero attached hydrogens (tertiary/aromatic N) is 1. The largest absolute Gasteiger partial charge is 0.368 e. The van der Waals surface area contributed by atoms with Crippen molar-refractivity contribution in [2.45, 2.75) is 6.92 Å². The first-order chi connectivity index (χ1) is 5.18. The van der Waals surface area contributed by atoms with E-state index in [4.69, 9.17) is 4.84 Å². The Morgan fingerprint density at radius 3 is 2.45 bits per heavy atom. The van der Waals surface area contributed by atoms with Crippen LogP contribution < -0.4 is 0 Å². The average Bonchev–Trinajstić information content (AvgIpc) is 1.93. The van der Waals surface area contributed by atoms with Gasteiger partial charge in [-0.05, 0) is 0 Å². The minimum Gasteiger partial charge on any atom is -0.368 e. The van der Waals surface area contributed by atoms with E-state index in [1.54, 1.807) is 5.06 Å². The molecule has 0 aliphatic carbocycles. The van der Waals surface area contributed by atoms with E-state index in [1.807, 2.05) is 0 Å². The van der Waals surface area contributed by atoms with Crippen LogP contribution in [0.2, 0.25) is 0 Å². The van der Waals surface area contributed by atoms with Crippen LogP contribution in [0, 0.1) is 0 Å². The molecule has 0 aromatic rings. The van der Waals surface area contributed by atoms with Crippen molar-refractivity contribution in [2.75, 3.05) is 24.6 Å². The third kappa shape index (κ3) is 2.98. The summed E-state index contributed by atoms with van der Waals surface area (Å²) in [6, 6.07) is 0. The fraction of sp³-hybridized carbons (Fsp3) is 0.833. The summed E-state index contributed by atoms with van der Waals surface area (Å²) in [7, 11) is -0.709. The Bertz CT molecular complexity index is 173. The lowest BCUT2D eigenvalue weighted by Gasteiger charge is -2.23. The predicted octanol–water partition coefficient (Wildman–Crippen LogP) is -0.471. The van der Waals surface area contributed by atoms with Gasteiger partial charge in [-0.3, -0.25) is 9.00 Å². The molecule has 5 heteroatoms. The van der Waals surface area contributed by atoms with Gasteiger partial charge < -0.3 is 4.84 Å². The summed E-state index contributed by atoms with van der Waals surface area (Å²) in [4.78, 5) is 15.3. The standard InChI is InChI=1S/C6H11NO3S/c1-6(8)10-7-2-4-11(9)5-3-7/h2-5H2,1H3. The number of hydrogen-bond acceptors (Lipinski definition) is 4. The van der Waals surface area contributed by atoms with E-state index < -0.39 is 10.8 Å². The highest BCUT2D eigenvalue weighted by atomic mass is 32.2. The van der Waals surface area contributed by atoms with Crippen LogP contribution >= 0.6 is 0 Å². The molecule has 0 radical (unpaired) electrons. The van der Waals surface area contributed by atoms with Crippen LogP contribution in [0.5, 0.6) is 0 Å². The lowest BCUT2D eigenvalue weighted by atomic mass is 10.6. The van der Waals surface area contributed by atoms with Gasteiger partial charge in [0.1, 0.15) is 0 Å². The van der Waals surface area contributed by atoms with Crippen molar-refractivity contribution in [2.24, 2.45) is 0 Å². The Hall–Kier alpha value is -0.420. The van der Waals surface area contributed by atoms with Crippen LogP contribution in [0.3, 0.4) is 0 Å². The average molecular weight is 177 g/mol. The molecule has 1 fully saturated rings. The number of carbonyl (C=O) groups excluding carboxylic acids is 1. The van der Waals surface area contributed by atoms with Gasteiger partial charge in [0.05, 0.1) is 0 Å². The Balaban J connectivity index is 2.28. The summed E-state index contributed by atoms with van der Waals surface area (Å²) in [6.45, 7) is 2.55. The molecule has 11 heavy (non-hydrogen) atoms. The summed E-state index contributed by atoms with van der Waals surface area (Å²) in [5, 5.41) is 1.56. The fourth-order valence-corrected chi connectivity index (χ4v) is 1.91. The minimum absolute atomic E-state index is 0.308. The van der Waals surface area contributed by atoms with Crippen molar-refractivity contribution in [3.8, 4) is 0 Å². The zero-order valence-corrected chi connectivity index (χ0v) is 7.23. The van der Waals surface area contributed by atoms with Crippen molar-refractivity contribution < 1.29 is 13.8 Å². The van der Waals surface area contributed by atoms with Gasteiger partial charge in [0.25, 0.3) is 0 Å². The summed E-state index contributed by atoms with van der Waals surface area (Å²) >= 11 is 0. The summed E-state index contributed by atoms with van der Waals surface area (Å²) < 4.78 is 10.8. The molecule has 0 amide bonds. The zero-order valence-electron chi connectivity index (χ0n) is 6.41. The van der Waals surface area contributed by atoms with Crippen LogP contribution in [0.1, 0.15) is 6.92 Å². The summed E-state index contributed by atoms with van der Waals surface area (Å²) in [5.41, 5.74) is 0. The number of hydrogen-bond donors (Lipinski definition) is 0. The third-order valence-electron chi connectivity index (χ3n) is 1.39. The van der Waals surface area contributed by atoms with Crippen LogP contribution in [0.25, 0.3) is 0 Å². The van der Waals surface area contributed by atoms with Crippen molar-refractivity contribution in [3.05, 3.63) is 0 Å². The first kappa shape index (κ1) is 8.67. The third-order valence-corrected chi connectivity index (χ3v) is 2.67. The Labute approximate surface area is 67.9 Å². The molecule has 1 saturated heterocycles. The van der Waals surface area contributed by atoms with E-state index in [0.717, 1.165) is 0 Å². The first-order valence-corrected chi connectivity index (χ1v) is 4.96. The second kappa shape index (κ2) is 3.82. The van der Waals surface area contributed by atoms with Crippen molar-refractivity contribution in [1.29, 1.82) is 0 Å². The first-order valence-electron chi connectivity index (χ1n) is 3.47. The molecule has 0 N–H and O–H groups in total. The minimum atomic E-state index is -0.709. The molecular weight excluding hydrogens is 166 g/mol. The molecular formula is C6H11NO3S. The van der Waals surface area contributed by atoms with E-state index in [9.17, 15) is 9.00 Å². The zero-order chi connectivity index (χ0) is 8.27. The van der Waals surface area contributed by atoms with Crippen LogP contribution in [-0.4, -0.2) is 39.8 Å². The lowest BCUT2D eigenvalue weighted by molar-refractivity contribution is -0.185. The van der Waals surface area contributed by atoms with Gasteiger partial charge in [-0.2, -0.15) is 0 Å². The molecule has 0 bridgehead atoms. The molecule has 0 aromatic carbocycles. The SMILES string of the molecule is CC(=O)ON1CCS(=O)CC1. The summed E-state index contributed by atoms with van der Waals surface area (Å²) in [5.74, 6) is 0.901. The smallest absolute Gasteiger partial charge is 0.322 e. The maximum atomic E-state index is 10.8. The van der Waals surface area contributed by atoms with Gasteiger partial charge in [-0.25, -0.2) is 0 Å². The van der Waals surface area contributed by atoms with Gasteiger partial charge in [0.15, 0.2) is 0 Å². The number of carbonyl (C=O) groups is 1. The molecule has 1 aliphatic rings. The maximum Gasteiger partial charge on any atom is 0.322 e. The molecule has 0 atom stereocenters. The van der Waals surface area contributed by atoms with Gasteiger partial charge in [0, 0.05) is 42.3 Å². The van der Waals surface area contributed by atoms with Gasteiger partial charge in [0.2, 0.25) is 0 Å². The molecule has 0 spiro atoms. The van der Waals surface area contributed by atoms with Crippen LogP contribution in [-0.2, 0) is 20.4 Å². The Kier molecular flexibility index (Phi) is 3.02. The van der Waals surface area contributed by atoms with E-state index in [1.165, 1.54) is 6.92 Å². The fourth-order valence-electron chi connectivity index (χ4n) is 0.894. The van der Waals surface area contributed by atoms with E-state index in [-0.39, 0.29) is 5.97 Å². The van der Waals surface area contributed by atoms with Crippen LogP contribution in [0.15, 0.2) is 0 Å². The topological polar surface area (TPSA) is 46.6 Å². The normalized spacial score (nSPS) is 21.5. The quantitative estimate of drug-likeness (QED) is 0.543. The highest BCUT2D eigenvalue weighted by molar-refractivity contribution is 7.85. The second-order valence-corrected chi connectivity index (χ2v) is 4.06. The van der Waals surface area contributed by atoms with Gasteiger partial charge >= 0.3 is 5.97 Å². The summed E-state index contributed by atoms with van der Waals surface area (Å²) in [6.07, 6.45) is 0. The highest BCUT2D eigenvalue weighted by Gasteiger charge is 2.16. The number of rotatable bonds is 1. The molecule has 0 unspecified atom stereocenters. The van der Waals surface area contributed by atoms with E-state index >= 15 is 0 Å². The van der Waals surface area contributed by atoms with E-state index in [0.29, 0.717) is 24.6 Å². The Morgan fingerprint density at radius 2 is 2.00 bits per heavy atom. The molecule has 1 rings (SSSR count). The van der Waals surface area contributed by atoms with Crippen LogP contribution in [0.4, 0.5) is 0 Å². The molecule has 0 aromatic heterocycles. The number of hydroxylamine groups is 2. The molecule has 64 valence electrons. The monoisotopic (exact) mass is 177 g/mol. The molecule has 0 saturated carbocycles. The van der Waals surface area contributed by atoms with Gasteiger partial charge in [-0.15, -0.1) is 5.06 Å².